The highest BCUT2D eigenvalue weighted by molar-refractivity contribution is 5.94. The fourth-order valence-electron chi connectivity index (χ4n) is 4.70. The van der Waals surface area contributed by atoms with Gasteiger partial charge in [-0.3, -0.25) is 9.69 Å². The molecule has 4 nitrogen and oxygen atoms in total. The van der Waals surface area contributed by atoms with Crippen molar-refractivity contribution in [2.75, 3.05) is 31.6 Å². The Morgan fingerprint density at radius 1 is 1.30 bits per heavy atom. The number of amides is 1. The molecule has 1 saturated heterocycles. The predicted octanol–water partition coefficient (Wildman–Crippen LogP) is 2.78. The third-order valence-electron chi connectivity index (χ3n) is 5.58. The maximum absolute atomic E-state index is 12.8. The van der Waals surface area contributed by atoms with Gasteiger partial charge in [0, 0.05) is 36.2 Å². The van der Waals surface area contributed by atoms with E-state index in [1.807, 2.05) is 42.2 Å². The van der Waals surface area contributed by atoms with Crippen molar-refractivity contribution < 1.29 is 9.53 Å². The molecule has 0 radical (unpaired) electrons. The van der Waals surface area contributed by atoms with E-state index in [1.165, 1.54) is 0 Å². The molecule has 23 heavy (non-hydrogen) atoms. The molecule has 126 valence electrons. The average molecular weight is 316 g/mol. The van der Waals surface area contributed by atoms with Crippen molar-refractivity contribution in [1.29, 1.82) is 0 Å². The summed E-state index contributed by atoms with van der Waals surface area (Å²) < 4.78 is 5.87. The van der Waals surface area contributed by atoms with Crippen LogP contribution in [0.4, 0.5) is 5.69 Å². The minimum atomic E-state index is 0.125. The van der Waals surface area contributed by atoms with Crippen LogP contribution in [0, 0.1) is 11.3 Å². The van der Waals surface area contributed by atoms with Gasteiger partial charge in [0.15, 0.2) is 0 Å². The Morgan fingerprint density at radius 3 is 2.65 bits per heavy atom. The van der Waals surface area contributed by atoms with Crippen LogP contribution in [0.15, 0.2) is 30.3 Å². The number of hydrogen-bond acceptors (Lipinski definition) is 3. The summed E-state index contributed by atoms with van der Waals surface area (Å²) in [6, 6.07) is 10.3. The van der Waals surface area contributed by atoms with Gasteiger partial charge in [-0.1, -0.05) is 32.0 Å². The first-order valence-electron chi connectivity index (χ1n) is 8.64. The van der Waals surface area contributed by atoms with Crippen molar-refractivity contribution >= 4 is 11.6 Å². The minimum Gasteiger partial charge on any atom is -0.377 e. The number of nitrogens with zero attached hydrogens (tertiary/aromatic N) is 2. The third kappa shape index (κ3) is 2.79. The summed E-state index contributed by atoms with van der Waals surface area (Å²) in [6.07, 6.45) is 1.48. The molecule has 0 N–H and O–H groups in total. The number of carbonyl (C=O) groups excluding carboxylic acids is 1. The molecule has 1 aromatic rings. The predicted molar refractivity (Wildman–Crippen MR) is 92.5 cm³/mol. The highest BCUT2D eigenvalue weighted by Crippen LogP contribution is 2.54. The Balaban J connectivity index is 1.67. The van der Waals surface area contributed by atoms with Gasteiger partial charge in [-0.05, 0) is 32.5 Å². The van der Waals surface area contributed by atoms with Crippen molar-refractivity contribution in [1.82, 2.24) is 4.90 Å². The van der Waals surface area contributed by atoms with E-state index in [0.29, 0.717) is 31.2 Å². The lowest BCUT2D eigenvalue weighted by atomic mass is 9.57. The first-order chi connectivity index (χ1) is 11.0. The van der Waals surface area contributed by atoms with Crippen LogP contribution in [-0.2, 0) is 9.53 Å². The molecule has 2 fully saturated rings. The highest BCUT2D eigenvalue weighted by atomic mass is 16.5. The first-order valence-corrected chi connectivity index (χ1v) is 8.64. The molecular weight excluding hydrogens is 288 g/mol. The number of para-hydroxylation sites is 1. The number of carbonyl (C=O) groups is 1. The van der Waals surface area contributed by atoms with Crippen molar-refractivity contribution in [3.05, 3.63) is 30.3 Å². The molecule has 1 saturated carbocycles. The minimum absolute atomic E-state index is 0.125. The summed E-state index contributed by atoms with van der Waals surface area (Å²) in [5.74, 6) is 0.744. The molecule has 0 aromatic heterocycles. The molecule has 1 amide bonds. The third-order valence-corrected chi connectivity index (χ3v) is 5.58. The quantitative estimate of drug-likeness (QED) is 0.837. The second-order valence-electron chi connectivity index (χ2n) is 7.40. The van der Waals surface area contributed by atoms with Crippen LogP contribution in [0.1, 0.15) is 27.2 Å². The molecule has 1 aromatic carbocycles. The van der Waals surface area contributed by atoms with Crippen LogP contribution in [0.5, 0.6) is 0 Å². The number of rotatable bonds is 5. The zero-order valence-corrected chi connectivity index (χ0v) is 14.7. The molecule has 3 rings (SSSR count). The van der Waals surface area contributed by atoms with E-state index >= 15 is 0 Å². The number of benzene rings is 1. The lowest BCUT2D eigenvalue weighted by molar-refractivity contribution is -0.153. The van der Waals surface area contributed by atoms with E-state index in [-0.39, 0.29) is 11.3 Å². The van der Waals surface area contributed by atoms with Crippen LogP contribution in [0.25, 0.3) is 0 Å². The first kappa shape index (κ1) is 16.5. The van der Waals surface area contributed by atoms with Gasteiger partial charge < -0.3 is 9.64 Å². The van der Waals surface area contributed by atoms with E-state index in [9.17, 15) is 4.79 Å². The SMILES string of the molecule is CCN(C(=O)CN(C)[C@@H]1[C@@H]2CCO[C@@H]2C1(C)C)c1ccccc1. The van der Waals surface area contributed by atoms with Gasteiger partial charge in [0.2, 0.25) is 5.91 Å². The lowest BCUT2D eigenvalue weighted by Gasteiger charge is -2.57. The summed E-state index contributed by atoms with van der Waals surface area (Å²) in [6.45, 7) is 8.57. The Morgan fingerprint density at radius 2 is 2.00 bits per heavy atom. The van der Waals surface area contributed by atoms with Gasteiger partial charge >= 0.3 is 0 Å². The number of likely N-dealkylation sites (N-methyl/N-ethyl adjacent to an activating group) is 2. The Kier molecular flexibility index (Phi) is 4.47. The van der Waals surface area contributed by atoms with E-state index in [2.05, 4.69) is 25.8 Å². The van der Waals surface area contributed by atoms with Gasteiger partial charge in [0.05, 0.1) is 12.6 Å². The summed E-state index contributed by atoms with van der Waals surface area (Å²) in [5, 5.41) is 0. The molecule has 1 aliphatic carbocycles. The Labute approximate surface area is 139 Å². The molecule has 1 aliphatic heterocycles. The van der Waals surface area contributed by atoms with Crippen molar-refractivity contribution in [2.24, 2.45) is 11.3 Å². The molecule has 0 bridgehead atoms. The van der Waals surface area contributed by atoms with E-state index < -0.39 is 0 Å². The Hall–Kier alpha value is -1.39. The summed E-state index contributed by atoms with van der Waals surface area (Å²) >= 11 is 0. The second kappa shape index (κ2) is 6.25. The van der Waals surface area contributed by atoms with E-state index in [4.69, 9.17) is 4.74 Å². The summed E-state index contributed by atoms with van der Waals surface area (Å²) in [5.41, 5.74) is 1.10. The molecular formula is C19H28N2O2. The van der Waals surface area contributed by atoms with Crippen LogP contribution in [-0.4, -0.2) is 49.7 Å². The summed E-state index contributed by atoms with van der Waals surface area (Å²) in [4.78, 5) is 16.9. The normalized spacial score (nSPS) is 28.3. The van der Waals surface area contributed by atoms with Crippen LogP contribution >= 0.6 is 0 Å². The van der Waals surface area contributed by atoms with Crippen LogP contribution < -0.4 is 4.90 Å². The van der Waals surface area contributed by atoms with Gasteiger partial charge in [-0.15, -0.1) is 0 Å². The van der Waals surface area contributed by atoms with Crippen molar-refractivity contribution in [3.8, 4) is 0 Å². The van der Waals surface area contributed by atoms with Gasteiger partial charge in [0.25, 0.3) is 0 Å². The molecule has 0 spiro atoms. The fraction of sp³-hybridized carbons (Fsp3) is 0.632. The van der Waals surface area contributed by atoms with Crippen LogP contribution in [0.3, 0.4) is 0 Å². The lowest BCUT2D eigenvalue weighted by Crippen LogP contribution is -2.66. The number of anilines is 1. The topological polar surface area (TPSA) is 32.8 Å². The summed E-state index contributed by atoms with van der Waals surface area (Å²) in [7, 11) is 2.08. The molecule has 3 atom stereocenters. The molecule has 0 unspecified atom stereocenters. The maximum Gasteiger partial charge on any atom is 0.241 e. The van der Waals surface area contributed by atoms with Gasteiger partial charge in [0.1, 0.15) is 0 Å². The van der Waals surface area contributed by atoms with Crippen molar-refractivity contribution in [3.63, 3.8) is 0 Å². The molecule has 2 aliphatic rings. The van der Waals surface area contributed by atoms with Gasteiger partial charge in [-0.2, -0.15) is 0 Å². The fourth-order valence-corrected chi connectivity index (χ4v) is 4.70. The largest absolute Gasteiger partial charge is 0.377 e. The second-order valence-corrected chi connectivity index (χ2v) is 7.40. The highest BCUT2D eigenvalue weighted by Gasteiger charge is 2.60. The standard InChI is InChI=1S/C19H28N2O2/c1-5-21(14-9-7-6-8-10-14)16(22)13-20(4)17-15-11-12-23-18(15)19(17,2)3/h6-10,15,17-18H,5,11-13H2,1-4H3/t15-,17+,18-/m0/s1. The van der Waals surface area contributed by atoms with Crippen LogP contribution in [0.2, 0.25) is 0 Å². The number of hydrogen-bond donors (Lipinski definition) is 0. The smallest absolute Gasteiger partial charge is 0.241 e. The average Bonchev–Trinajstić information content (AvgIpc) is 2.95. The monoisotopic (exact) mass is 316 g/mol. The zero-order valence-electron chi connectivity index (χ0n) is 14.7. The van der Waals surface area contributed by atoms with E-state index in [1.54, 1.807) is 0 Å². The van der Waals surface area contributed by atoms with Gasteiger partial charge in [-0.25, -0.2) is 0 Å². The van der Waals surface area contributed by atoms with Crippen molar-refractivity contribution in [2.45, 2.75) is 39.3 Å². The zero-order chi connectivity index (χ0) is 16.6. The molecule has 1 heterocycles. The number of ether oxygens (including phenoxy) is 1. The maximum atomic E-state index is 12.8. The Bertz CT molecular complexity index is 558. The van der Waals surface area contributed by atoms with E-state index in [0.717, 1.165) is 18.7 Å². The molecule has 4 heteroatoms. The number of fused-ring (bicyclic) bond motifs is 1.